The van der Waals surface area contributed by atoms with Crippen molar-refractivity contribution in [3.63, 3.8) is 0 Å². The van der Waals surface area contributed by atoms with Crippen molar-refractivity contribution in [2.75, 3.05) is 20.2 Å². The normalized spacial score (nSPS) is 13.9. The summed E-state index contributed by atoms with van der Waals surface area (Å²) in [7, 11) is 6.49. The first-order valence-corrected chi connectivity index (χ1v) is 7.49. The highest BCUT2D eigenvalue weighted by Crippen LogP contribution is 2.27. The van der Waals surface area contributed by atoms with Crippen molar-refractivity contribution in [3.05, 3.63) is 41.5 Å². The Balaban J connectivity index is 2.24. The van der Waals surface area contributed by atoms with Crippen LogP contribution in [0, 0.1) is 0 Å². The largest absolute Gasteiger partial charge is 0.452 e. The van der Waals surface area contributed by atoms with Gasteiger partial charge in [-0.15, -0.1) is 0 Å². The number of piperidine rings is 1. The van der Waals surface area contributed by atoms with Crippen molar-refractivity contribution in [1.82, 2.24) is 15.8 Å². The van der Waals surface area contributed by atoms with Crippen LogP contribution in [-0.2, 0) is 9.53 Å². The standard InChI is InChI=1S/C16H18BN3O4/c1-24-16(23)19-18-14(21)13(11-5-3-2-4-6-11)12-7-9-20(10-8-12)15(17)22/h2-6H,7-10H2,1H3,(H,18,21)(H,19,23). The van der Waals surface area contributed by atoms with Gasteiger partial charge in [0.2, 0.25) is 7.85 Å². The van der Waals surface area contributed by atoms with E-state index in [9.17, 15) is 14.4 Å². The summed E-state index contributed by atoms with van der Waals surface area (Å²) in [6.07, 6.45) is 0.321. The van der Waals surface area contributed by atoms with Crippen molar-refractivity contribution >= 4 is 31.2 Å². The molecule has 0 saturated carbocycles. The third-order valence-corrected chi connectivity index (χ3v) is 3.79. The highest BCUT2D eigenvalue weighted by atomic mass is 16.5. The summed E-state index contributed by atoms with van der Waals surface area (Å²) < 4.78 is 4.43. The number of benzene rings is 1. The molecule has 2 radical (unpaired) electrons. The molecule has 1 aliphatic rings. The van der Waals surface area contributed by atoms with Crippen LogP contribution in [0.4, 0.5) is 9.59 Å². The lowest BCUT2D eigenvalue weighted by atomic mass is 9.91. The first kappa shape index (κ1) is 17.6. The highest BCUT2D eigenvalue weighted by molar-refractivity contribution is 6.56. The van der Waals surface area contributed by atoms with Crippen molar-refractivity contribution < 1.29 is 19.1 Å². The molecule has 2 N–H and O–H groups in total. The van der Waals surface area contributed by atoms with Gasteiger partial charge in [0.25, 0.3) is 5.91 Å². The molecule has 3 amide bonds. The molecule has 1 fully saturated rings. The Labute approximate surface area is 141 Å². The van der Waals surface area contributed by atoms with E-state index in [0.29, 0.717) is 31.5 Å². The maximum absolute atomic E-state index is 12.5. The van der Waals surface area contributed by atoms with Crippen LogP contribution in [0.15, 0.2) is 35.9 Å². The number of carbonyl (C=O) groups excluding carboxylic acids is 3. The van der Waals surface area contributed by atoms with E-state index >= 15 is 0 Å². The molecule has 1 aromatic rings. The quantitative estimate of drug-likeness (QED) is 0.486. The number of nitrogens with zero attached hydrogens (tertiary/aromatic N) is 1. The number of hydrogen-bond donors (Lipinski definition) is 2. The van der Waals surface area contributed by atoms with Crippen LogP contribution in [0.1, 0.15) is 18.4 Å². The number of ether oxygens (including phenoxy) is 1. The molecule has 24 heavy (non-hydrogen) atoms. The molecule has 0 spiro atoms. The van der Waals surface area contributed by atoms with Gasteiger partial charge < -0.3 is 9.64 Å². The van der Waals surface area contributed by atoms with E-state index in [1.165, 1.54) is 12.0 Å². The van der Waals surface area contributed by atoms with Gasteiger partial charge in [0.05, 0.1) is 7.11 Å². The molecule has 0 atom stereocenters. The molecular weight excluding hydrogens is 309 g/mol. The topological polar surface area (TPSA) is 87.7 Å². The van der Waals surface area contributed by atoms with Gasteiger partial charge in [-0.1, -0.05) is 35.9 Å². The minimum Gasteiger partial charge on any atom is -0.452 e. The van der Waals surface area contributed by atoms with Crippen LogP contribution in [-0.4, -0.2) is 50.8 Å². The smallest absolute Gasteiger partial charge is 0.425 e. The van der Waals surface area contributed by atoms with Crippen LogP contribution >= 0.6 is 0 Å². The maximum atomic E-state index is 12.5. The minimum absolute atomic E-state index is 0.436. The average Bonchev–Trinajstić information content (AvgIpc) is 2.61. The Bertz CT molecular complexity index is 651. The lowest BCUT2D eigenvalue weighted by Crippen LogP contribution is -2.42. The number of hydrogen-bond acceptors (Lipinski definition) is 4. The summed E-state index contributed by atoms with van der Waals surface area (Å²) in [5, 5.41) is 0. The second-order valence-corrected chi connectivity index (χ2v) is 5.24. The fourth-order valence-corrected chi connectivity index (χ4v) is 2.57. The number of amides is 3. The van der Waals surface area contributed by atoms with Crippen LogP contribution in [0.3, 0.4) is 0 Å². The molecule has 0 aromatic heterocycles. The molecular formula is C16H18BN3O4. The van der Waals surface area contributed by atoms with Crippen LogP contribution < -0.4 is 10.9 Å². The third-order valence-electron chi connectivity index (χ3n) is 3.79. The van der Waals surface area contributed by atoms with Crippen LogP contribution in [0.25, 0.3) is 5.57 Å². The Hall–Kier alpha value is -2.77. The lowest BCUT2D eigenvalue weighted by molar-refractivity contribution is -0.116. The maximum Gasteiger partial charge on any atom is 0.425 e. The molecule has 0 bridgehead atoms. The van der Waals surface area contributed by atoms with E-state index < -0.39 is 17.8 Å². The number of hydrazine groups is 1. The first-order chi connectivity index (χ1) is 11.5. The minimum atomic E-state index is -0.760. The second kappa shape index (κ2) is 8.19. The van der Waals surface area contributed by atoms with E-state index in [-0.39, 0.29) is 0 Å². The van der Waals surface area contributed by atoms with Gasteiger partial charge in [-0.2, -0.15) is 0 Å². The molecule has 7 nitrogen and oxygen atoms in total. The van der Waals surface area contributed by atoms with Gasteiger partial charge in [0.15, 0.2) is 5.81 Å². The van der Waals surface area contributed by atoms with Gasteiger partial charge in [-0.25, -0.2) is 10.2 Å². The lowest BCUT2D eigenvalue weighted by Gasteiger charge is -2.29. The Morgan fingerprint density at radius 3 is 2.25 bits per heavy atom. The summed E-state index contributed by atoms with van der Waals surface area (Å²) in [5.74, 6) is -0.902. The van der Waals surface area contributed by atoms with E-state index in [1.807, 2.05) is 30.3 Å². The molecule has 2 rings (SSSR count). The number of nitrogens with one attached hydrogen (secondary N) is 2. The predicted molar refractivity (Wildman–Crippen MR) is 89.0 cm³/mol. The SMILES string of the molecule is [B]C(=O)N1CCC(=C(C(=O)NNC(=O)OC)c2ccccc2)CC1. The molecule has 1 saturated heterocycles. The molecule has 0 unspecified atom stereocenters. The van der Waals surface area contributed by atoms with Gasteiger partial charge in [-0.05, 0) is 18.4 Å². The zero-order valence-corrected chi connectivity index (χ0v) is 13.4. The fourth-order valence-electron chi connectivity index (χ4n) is 2.57. The summed E-state index contributed by atoms with van der Waals surface area (Å²) in [5.41, 5.74) is 6.63. The van der Waals surface area contributed by atoms with Gasteiger partial charge in [0.1, 0.15) is 0 Å². The van der Waals surface area contributed by atoms with E-state index in [1.54, 1.807) is 0 Å². The monoisotopic (exact) mass is 327 g/mol. The third kappa shape index (κ3) is 4.38. The van der Waals surface area contributed by atoms with E-state index in [0.717, 1.165) is 11.1 Å². The van der Waals surface area contributed by atoms with Crippen molar-refractivity contribution in [2.24, 2.45) is 0 Å². The van der Waals surface area contributed by atoms with Crippen LogP contribution in [0.2, 0.25) is 0 Å². The summed E-state index contributed by atoms with van der Waals surface area (Å²) in [6, 6.07) is 9.15. The second-order valence-electron chi connectivity index (χ2n) is 5.24. The molecule has 1 heterocycles. The van der Waals surface area contributed by atoms with Gasteiger partial charge >= 0.3 is 6.09 Å². The summed E-state index contributed by atoms with van der Waals surface area (Å²) >= 11 is 0. The Kier molecular flexibility index (Phi) is 6.00. The number of methoxy groups -OCH3 is 1. The van der Waals surface area contributed by atoms with Crippen molar-refractivity contribution in [3.8, 4) is 0 Å². The Morgan fingerprint density at radius 1 is 1.08 bits per heavy atom. The summed E-state index contributed by atoms with van der Waals surface area (Å²) in [4.78, 5) is 36.5. The van der Waals surface area contributed by atoms with E-state index in [2.05, 4.69) is 15.6 Å². The molecule has 8 heteroatoms. The fraction of sp³-hybridized carbons (Fsp3) is 0.312. The van der Waals surface area contributed by atoms with Crippen molar-refractivity contribution in [2.45, 2.75) is 12.8 Å². The molecule has 1 aliphatic heterocycles. The number of carbonyl (C=O) groups is 3. The molecule has 0 aliphatic carbocycles. The van der Waals surface area contributed by atoms with E-state index in [4.69, 9.17) is 7.85 Å². The zero-order valence-electron chi connectivity index (χ0n) is 13.4. The first-order valence-electron chi connectivity index (χ1n) is 7.49. The van der Waals surface area contributed by atoms with Gasteiger partial charge in [0, 0.05) is 18.7 Å². The number of likely N-dealkylation sites (tertiary alicyclic amines) is 1. The molecule has 124 valence electrons. The van der Waals surface area contributed by atoms with Gasteiger partial charge in [-0.3, -0.25) is 15.0 Å². The average molecular weight is 327 g/mol. The van der Waals surface area contributed by atoms with Crippen LogP contribution in [0.5, 0.6) is 0 Å². The highest BCUT2D eigenvalue weighted by Gasteiger charge is 2.23. The zero-order chi connectivity index (χ0) is 17.5. The summed E-state index contributed by atoms with van der Waals surface area (Å²) in [6.45, 7) is 0.914. The van der Waals surface area contributed by atoms with Crippen molar-refractivity contribution in [1.29, 1.82) is 0 Å². The Morgan fingerprint density at radius 2 is 1.71 bits per heavy atom. The number of rotatable bonds is 2. The predicted octanol–water partition coefficient (Wildman–Crippen LogP) is 1.21. The molecule has 1 aromatic carbocycles.